The molecule has 0 aliphatic heterocycles. The van der Waals surface area contributed by atoms with Crippen LogP contribution in [0.5, 0.6) is 0 Å². The summed E-state index contributed by atoms with van der Waals surface area (Å²) in [4.78, 5) is 24.7. The quantitative estimate of drug-likeness (QED) is 0.831. The lowest BCUT2D eigenvalue weighted by molar-refractivity contribution is -0.135. The Morgan fingerprint density at radius 2 is 1.76 bits per heavy atom. The zero-order valence-corrected chi connectivity index (χ0v) is 14.8. The lowest BCUT2D eigenvalue weighted by Gasteiger charge is -2.19. The van der Waals surface area contributed by atoms with Gasteiger partial charge in [0.15, 0.2) is 5.76 Å². The number of benzene rings is 1. The number of hydrogen-bond donors (Lipinski definition) is 1. The minimum Gasteiger partial charge on any atom is -0.480 e. The van der Waals surface area contributed by atoms with Crippen molar-refractivity contribution in [3.8, 4) is 0 Å². The number of aryl methyl sites for hydroxylation is 1. The maximum atomic E-state index is 12.7. The minimum atomic E-state index is -3.78. The Kier molecular flexibility index (Phi) is 5.29. The van der Waals surface area contributed by atoms with E-state index >= 15 is 0 Å². The Balaban J connectivity index is 2.46. The van der Waals surface area contributed by atoms with Crippen LogP contribution in [0.1, 0.15) is 16.3 Å². The highest BCUT2D eigenvalue weighted by molar-refractivity contribution is 7.89. The van der Waals surface area contributed by atoms with Gasteiger partial charge in [0.1, 0.15) is 17.2 Å². The number of sulfonamides is 1. The predicted octanol–water partition coefficient (Wildman–Crippen LogP) is 1.57. The molecule has 0 saturated carbocycles. The van der Waals surface area contributed by atoms with E-state index in [1.54, 1.807) is 30.3 Å². The van der Waals surface area contributed by atoms with Gasteiger partial charge >= 0.3 is 5.97 Å². The molecule has 0 spiro atoms. The topological polar surface area (TPSA) is 108 Å². The van der Waals surface area contributed by atoms with Crippen LogP contribution in [-0.2, 0) is 14.8 Å². The van der Waals surface area contributed by atoms with Crippen molar-refractivity contribution in [3.05, 3.63) is 47.9 Å². The molecule has 0 atom stereocenters. The molecule has 1 aromatic carbocycles. The Morgan fingerprint density at radius 3 is 2.28 bits per heavy atom. The van der Waals surface area contributed by atoms with E-state index in [0.29, 0.717) is 5.69 Å². The lowest BCUT2D eigenvalue weighted by atomic mass is 10.2. The SMILES string of the molecule is Cc1oc(C(=O)N(CC(=O)O)c2ccccc2)cc1S(=O)(=O)N(C)C. The second-order valence-electron chi connectivity index (χ2n) is 5.44. The Hall–Kier alpha value is -2.65. The highest BCUT2D eigenvalue weighted by atomic mass is 32.2. The van der Waals surface area contributed by atoms with Gasteiger partial charge in [0.2, 0.25) is 10.0 Å². The van der Waals surface area contributed by atoms with Crippen molar-refractivity contribution >= 4 is 27.6 Å². The molecule has 1 amide bonds. The molecule has 1 aromatic heterocycles. The summed E-state index contributed by atoms with van der Waals surface area (Å²) in [5.74, 6) is -2.14. The van der Waals surface area contributed by atoms with Crippen LogP contribution in [0.15, 0.2) is 45.7 Å². The van der Waals surface area contributed by atoms with Gasteiger partial charge in [0, 0.05) is 25.8 Å². The number of carboxylic acids is 1. The van der Waals surface area contributed by atoms with Crippen molar-refractivity contribution in [1.82, 2.24) is 4.31 Å². The molecular formula is C16H18N2O6S. The number of hydrogen-bond acceptors (Lipinski definition) is 5. The number of furan rings is 1. The van der Waals surface area contributed by atoms with E-state index in [4.69, 9.17) is 9.52 Å². The zero-order chi connectivity index (χ0) is 18.8. The van der Waals surface area contributed by atoms with Crippen LogP contribution in [-0.4, -0.2) is 50.3 Å². The summed E-state index contributed by atoms with van der Waals surface area (Å²) in [6.07, 6.45) is 0. The molecule has 25 heavy (non-hydrogen) atoms. The highest BCUT2D eigenvalue weighted by Gasteiger charge is 2.29. The Labute approximate surface area is 145 Å². The van der Waals surface area contributed by atoms with E-state index in [1.165, 1.54) is 21.0 Å². The molecule has 0 aliphatic rings. The van der Waals surface area contributed by atoms with Gasteiger partial charge in [-0.3, -0.25) is 14.5 Å². The van der Waals surface area contributed by atoms with Gasteiger partial charge in [-0.2, -0.15) is 0 Å². The average molecular weight is 366 g/mol. The Morgan fingerprint density at radius 1 is 1.16 bits per heavy atom. The van der Waals surface area contributed by atoms with E-state index in [-0.39, 0.29) is 16.4 Å². The van der Waals surface area contributed by atoms with Gasteiger partial charge in [-0.25, -0.2) is 12.7 Å². The van der Waals surface area contributed by atoms with E-state index in [9.17, 15) is 18.0 Å². The number of anilines is 1. The molecule has 0 saturated heterocycles. The number of aliphatic carboxylic acids is 1. The first kappa shape index (κ1) is 18.7. The summed E-state index contributed by atoms with van der Waals surface area (Å²) in [7, 11) is -1.05. The fourth-order valence-corrected chi connectivity index (χ4v) is 3.23. The number of nitrogens with zero attached hydrogens (tertiary/aromatic N) is 2. The van der Waals surface area contributed by atoms with Crippen molar-refractivity contribution in [1.29, 1.82) is 0 Å². The molecule has 2 rings (SSSR count). The molecule has 0 unspecified atom stereocenters. The summed E-state index contributed by atoms with van der Waals surface area (Å²) in [5.41, 5.74) is 0.362. The van der Waals surface area contributed by atoms with Gasteiger partial charge < -0.3 is 9.52 Å². The average Bonchev–Trinajstić information content (AvgIpc) is 2.95. The largest absolute Gasteiger partial charge is 0.480 e. The normalized spacial score (nSPS) is 11.5. The summed E-state index contributed by atoms with van der Waals surface area (Å²) in [5, 5.41) is 9.08. The summed E-state index contributed by atoms with van der Waals surface area (Å²) in [6.45, 7) is 0.843. The van der Waals surface area contributed by atoms with E-state index < -0.39 is 28.4 Å². The van der Waals surface area contributed by atoms with Crippen LogP contribution in [0.4, 0.5) is 5.69 Å². The number of rotatable bonds is 6. The molecule has 1 N–H and O–H groups in total. The first-order chi connectivity index (χ1) is 11.6. The molecule has 8 nitrogen and oxygen atoms in total. The molecule has 0 fully saturated rings. The molecule has 0 radical (unpaired) electrons. The number of carbonyl (C=O) groups excluding carboxylic acids is 1. The fraction of sp³-hybridized carbons (Fsp3) is 0.250. The molecule has 1 heterocycles. The molecule has 9 heteroatoms. The number of carboxylic acid groups (broad SMARTS) is 1. The second kappa shape index (κ2) is 7.08. The third kappa shape index (κ3) is 3.89. The predicted molar refractivity (Wildman–Crippen MR) is 90.1 cm³/mol. The Bertz CT molecular complexity index is 887. The van der Waals surface area contributed by atoms with Crippen molar-refractivity contribution < 1.29 is 27.5 Å². The molecule has 0 bridgehead atoms. The number of para-hydroxylation sites is 1. The molecule has 134 valence electrons. The summed E-state index contributed by atoms with van der Waals surface area (Å²) in [6, 6.07) is 9.32. The minimum absolute atomic E-state index is 0.0559. The molecule has 2 aromatic rings. The van der Waals surface area contributed by atoms with Crippen molar-refractivity contribution in [2.75, 3.05) is 25.5 Å². The van der Waals surface area contributed by atoms with Crippen molar-refractivity contribution in [2.24, 2.45) is 0 Å². The molecular weight excluding hydrogens is 348 g/mol. The lowest BCUT2D eigenvalue weighted by Crippen LogP contribution is -2.35. The zero-order valence-electron chi connectivity index (χ0n) is 14.0. The summed E-state index contributed by atoms with van der Waals surface area (Å²) < 4.78 is 30.8. The standard InChI is InChI=1S/C16H18N2O6S/c1-11-14(25(22,23)17(2)3)9-13(24-11)16(21)18(10-15(19)20)12-7-5-4-6-8-12/h4-9H,10H2,1-3H3,(H,19,20). The van der Waals surface area contributed by atoms with Gasteiger partial charge in [0.25, 0.3) is 5.91 Å². The van der Waals surface area contributed by atoms with Crippen LogP contribution < -0.4 is 4.90 Å². The van der Waals surface area contributed by atoms with E-state index in [1.807, 2.05) is 0 Å². The fourth-order valence-electron chi connectivity index (χ4n) is 2.18. The van der Waals surface area contributed by atoms with Gasteiger partial charge in [0.05, 0.1) is 0 Å². The number of carbonyl (C=O) groups is 2. The van der Waals surface area contributed by atoms with Crippen molar-refractivity contribution in [3.63, 3.8) is 0 Å². The van der Waals surface area contributed by atoms with Crippen LogP contribution in [0.2, 0.25) is 0 Å². The third-order valence-electron chi connectivity index (χ3n) is 3.45. The number of amides is 1. The smallest absolute Gasteiger partial charge is 0.323 e. The molecule has 0 aliphatic carbocycles. The second-order valence-corrected chi connectivity index (χ2v) is 7.56. The van der Waals surface area contributed by atoms with E-state index in [2.05, 4.69) is 0 Å². The van der Waals surface area contributed by atoms with Gasteiger partial charge in [-0.15, -0.1) is 0 Å². The van der Waals surface area contributed by atoms with Crippen LogP contribution in [0.25, 0.3) is 0 Å². The van der Waals surface area contributed by atoms with Crippen LogP contribution in [0.3, 0.4) is 0 Å². The van der Waals surface area contributed by atoms with Crippen molar-refractivity contribution in [2.45, 2.75) is 11.8 Å². The monoisotopic (exact) mass is 366 g/mol. The maximum absolute atomic E-state index is 12.7. The van der Waals surface area contributed by atoms with Crippen LogP contribution in [0, 0.1) is 6.92 Å². The van der Waals surface area contributed by atoms with E-state index in [0.717, 1.165) is 15.3 Å². The van der Waals surface area contributed by atoms with Gasteiger partial charge in [-0.1, -0.05) is 18.2 Å². The summed E-state index contributed by atoms with van der Waals surface area (Å²) >= 11 is 0. The maximum Gasteiger partial charge on any atom is 0.323 e. The third-order valence-corrected chi connectivity index (χ3v) is 5.37. The highest BCUT2D eigenvalue weighted by Crippen LogP contribution is 2.25. The first-order valence-corrected chi connectivity index (χ1v) is 8.70. The van der Waals surface area contributed by atoms with Crippen LogP contribution >= 0.6 is 0 Å². The van der Waals surface area contributed by atoms with Gasteiger partial charge in [-0.05, 0) is 19.1 Å². The first-order valence-electron chi connectivity index (χ1n) is 7.26.